The standard InChI is InChI=1S/C22H24FNO6S/c1-3-16-4-6-17(7-5-16)21(25)15(2)30-22(26)18-8-9-19(23)20(14-18)31(27,28)24-10-12-29-13-11-24/h4-9,14-15H,3,10-13H2,1-2H3. The molecule has 0 radical (unpaired) electrons. The molecule has 31 heavy (non-hydrogen) atoms. The highest BCUT2D eigenvalue weighted by Gasteiger charge is 2.30. The van der Waals surface area contributed by atoms with Gasteiger partial charge in [-0.25, -0.2) is 17.6 Å². The topological polar surface area (TPSA) is 90.0 Å². The minimum absolute atomic E-state index is 0.0960. The molecule has 2 aromatic carbocycles. The van der Waals surface area contributed by atoms with E-state index in [9.17, 15) is 22.4 Å². The zero-order chi connectivity index (χ0) is 22.6. The van der Waals surface area contributed by atoms with Gasteiger partial charge in [0.05, 0.1) is 18.8 Å². The van der Waals surface area contributed by atoms with Crippen LogP contribution in [0.5, 0.6) is 0 Å². The largest absolute Gasteiger partial charge is 0.451 e. The lowest BCUT2D eigenvalue weighted by Gasteiger charge is -2.26. The van der Waals surface area contributed by atoms with Gasteiger partial charge in [-0.1, -0.05) is 31.2 Å². The molecule has 1 fully saturated rings. The number of carbonyl (C=O) groups excluding carboxylic acids is 2. The molecule has 166 valence electrons. The number of ketones is 1. The lowest BCUT2D eigenvalue weighted by Crippen LogP contribution is -2.41. The summed E-state index contributed by atoms with van der Waals surface area (Å²) in [5.74, 6) is -2.27. The number of aryl methyl sites for hydroxylation is 1. The third-order valence-electron chi connectivity index (χ3n) is 5.05. The zero-order valence-corrected chi connectivity index (χ0v) is 18.2. The fourth-order valence-corrected chi connectivity index (χ4v) is 4.67. The van der Waals surface area contributed by atoms with Crippen LogP contribution in [0.25, 0.3) is 0 Å². The van der Waals surface area contributed by atoms with E-state index in [1.165, 1.54) is 6.92 Å². The van der Waals surface area contributed by atoms with Gasteiger partial charge in [-0.3, -0.25) is 4.79 Å². The molecular formula is C22H24FNO6S. The number of ether oxygens (including phenoxy) is 2. The Kier molecular flexibility index (Phi) is 7.19. The smallest absolute Gasteiger partial charge is 0.338 e. The number of sulfonamides is 1. The van der Waals surface area contributed by atoms with Crippen molar-refractivity contribution < 1.29 is 31.9 Å². The highest BCUT2D eigenvalue weighted by Crippen LogP contribution is 2.22. The normalized spacial score (nSPS) is 16.0. The van der Waals surface area contributed by atoms with Gasteiger partial charge in [0, 0.05) is 18.7 Å². The number of benzene rings is 2. The van der Waals surface area contributed by atoms with Gasteiger partial charge in [-0.2, -0.15) is 4.31 Å². The number of hydrogen-bond donors (Lipinski definition) is 0. The Hall–Kier alpha value is -2.62. The summed E-state index contributed by atoms with van der Waals surface area (Å²) in [4.78, 5) is 24.5. The first-order valence-corrected chi connectivity index (χ1v) is 11.4. The average molecular weight is 450 g/mol. The van der Waals surface area contributed by atoms with Crippen molar-refractivity contribution in [1.29, 1.82) is 0 Å². The van der Waals surface area contributed by atoms with Crippen molar-refractivity contribution in [3.63, 3.8) is 0 Å². The van der Waals surface area contributed by atoms with Crippen LogP contribution in [0.3, 0.4) is 0 Å². The minimum Gasteiger partial charge on any atom is -0.451 e. The van der Waals surface area contributed by atoms with Crippen LogP contribution >= 0.6 is 0 Å². The number of nitrogens with zero attached hydrogens (tertiary/aromatic N) is 1. The SMILES string of the molecule is CCc1ccc(C(=O)C(C)OC(=O)c2ccc(F)c(S(=O)(=O)N3CCOCC3)c2)cc1. The van der Waals surface area contributed by atoms with E-state index in [4.69, 9.17) is 9.47 Å². The first-order chi connectivity index (χ1) is 14.7. The molecule has 1 saturated heterocycles. The molecule has 1 aliphatic heterocycles. The molecule has 1 heterocycles. The van der Waals surface area contributed by atoms with Gasteiger partial charge in [-0.15, -0.1) is 0 Å². The second kappa shape index (κ2) is 9.67. The van der Waals surface area contributed by atoms with Crippen molar-refractivity contribution in [3.8, 4) is 0 Å². The summed E-state index contributed by atoms with van der Waals surface area (Å²) in [6, 6.07) is 9.95. The highest BCUT2D eigenvalue weighted by atomic mass is 32.2. The van der Waals surface area contributed by atoms with Crippen molar-refractivity contribution in [1.82, 2.24) is 4.31 Å². The third-order valence-corrected chi connectivity index (χ3v) is 6.97. The molecule has 0 spiro atoms. The lowest BCUT2D eigenvalue weighted by atomic mass is 10.0. The van der Waals surface area contributed by atoms with Crippen LogP contribution in [0.4, 0.5) is 4.39 Å². The maximum atomic E-state index is 14.3. The zero-order valence-electron chi connectivity index (χ0n) is 17.3. The van der Waals surface area contributed by atoms with E-state index in [2.05, 4.69) is 0 Å². The van der Waals surface area contributed by atoms with Crippen LogP contribution in [0.2, 0.25) is 0 Å². The number of hydrogen-bond acceptors (Lipinski definition) is 6. The minimum atomic E-state index is -4.14. The fourth-order valence-electron chi connectivity index (χ4n) is 3.18. The number of rotatable bonds is 7. The van der Waals surface area contributed by atoms with E-state index >= 15 is 0 Å². The molecule has 0 aromatic heterocycles. The van der Waals surface area contributed by atoms with Gasteiger partial charge >= 0.3 is 5.97 Å². The van der Waals surface area contributed by atoms with E-state index in [0.717, 1.165) is 34.5 Å². The summed E-state index contributed by atoms with van der Waals surface area (Å²) >= 11 is 0. The first kappa shape index (κ1) is 23.1. The van der Waals surface area contributed by atoms with Crippen LogP contribution in [-0.2, 0) is 25.9 Å². The monoisotopic (exact) mass is 449 g/mol. The summed E-state index contributed by atoms with van der Waals surface area (Å²) in [5.41, 5.74) is 1.31. The Balaban J connectivity index is 1.77. The molecule has 1 aliphatic rings. The molecule has 0 N–H and O–H groups in total. The van der Waals surface area contributed by atoms with Gasteiger partial charge in [0.25, 0.3) is 0 Å². The molecule has 1 unspecified atom stereocenters. The van der Waals surface area contributed by atoms with Gasteiger partial charge in [0.15, 0.2) is 6.10 Å². The molecule has 0 saturated carbocycles. The quantitative estimate of drug-likeness (QED) is 0.477. The van der Waals surface area contributed by atoms with Crippen LogP contribution in [0.15, 0.2) is 47.4 Å². The van der Waals surface area contributed by atoms with E-state index in [1.807, 2.05) is 19.1 Å². The number of esters is 1. The van der Waals surface area contributed by atoms with Crippen LogP contribution in [0.1, 0.15) is 40.1 Å². The molecule has 0 bridgehead atoms. The second-order valence-electron chi connectivity index (χ2n) is 7.12. The third kappa shape index (κ3) is 5.17. The number of halogens is 1. The Morgan fingerprint density at radius 3 is 2.32 bits per heavy atom. The molecule has 3 rings (SSSR count). The van der Waals surface area contributed by atoms with E-state index in [1.54, 1.807) is 12.1 Å². The van der Waals surface area contributed by atoms with Crippen molar-refractivity contribution in [3.05, 3.63) is 65.0 Å². The van der Waals surface area contributed by atoms with Crippen LogP contribution < -0.4 is 0 Å². The van der Waals surface area contributed by atoms with Crippen LogP contribution in [0, 0.1) is 5.82 Å². The predicted molar refractivity (Wildman–Crippen MR) is 111 cm³/mol. The highest BCUT2D eigenvalue weighted by molar-refractivity contribution is 7.89. The summed E-state index contributed by atoms with van der Waals surface area (Å²) in [6.45, 7) is 4.04. The van der Waals surface area contributed by atoms with E-state index in [0.29, 0.717) is 5.56 Å². The lowest BCUT2D eigenvalue weighted by molar-refractivity contribution is 0.0318. The fraction of sp³-hybridized carbons (Fsp3) is 0.364. The molecule has 0 amide bonds. The summed E-state index contributed by atoms with van der Waals surface area (Å²) in [7, 11) is -4.14. The molecule has 7 nitrogen and oxygen atoms in total. The second-order valence-corrected chi connectivity index (χ2v) is 9.03. The maximum Gasteiger partial charge on any atom is 0.338 e. The van der Waals surface area contributed by atoms with Crippen molar-refractivity contribution in [2.75, 3.05) is 26.3 Å². The number of morpholine rings is 1. The van der Waals surface area contributed by atoms with Crippen LogP contribution in [-0.4, -0.2) is 56.9 Å². The van der Waals surface area contributed by atoms with Crippen molar-refractivity contribution in [2.24, 2.45) is 0 Å². The van der Waals surface area contributed by atoms with Crippen molar-refractivity contribution in [2.45, 2.75) is 31.3 Å². The Morgan fingerprint density at radius 1 is 1.10 bits per heavy atom. The summed E-state index contributed by atoms with van der Waals surface area (Å²) in [6.07, 6.45) is -0.261. The number of carbonyl (C=O) groups is 2. The van der Waals surface area contributed by atoms with Gasteiger partial charge in [-0.05, 0) is 37.1 Å². The Bertz CT molecular complexity index is 1060. The Morgan fingerprint density at radius 2 is 1.71 bits per heavy atom. The average Bonchev–Trinajstić information content (AvgIpc) is 2.79. The number of Topliss-reactive ketones (excluding diaryl/α,β-unsaturated/α-hetero) is 1. The van der Waals surface area contributed by atoms with E-state index in [-0.39, 0.29) is 37.6 Å². The first-order valence-electron chi connectivity index (χ1n) is 9.95. The van der Waals surface area contributed by atoms with Crippen molar-refractivity contribution >= 4 is 21.8 Å². The predicted octanol–water partition coefficient (Wildman–Crippen LogP) is 2.84. The molecule has 2 aromatic rings. The summed E-state index contributed by atoms with van der Waals surface area (Å²) < 4.78 is 51.3. The van der Waals surface area contributed by atoms with Gasteiger partial charge in [0.2, 0.25) is 15.8 Å². The summed E-state index contributed by atoms with van der Waals surface area (Å²) in [5, 5.41) is 0. The molecule has 1 atom stereocenters. The van der Waals surface area contributed by atoms with E-state index < -0.39 is 32.8 Å². The molecule has 0 aliphatic carbocycles. The molecule has 9 heteroatoms. The van der Waals surface area contributed by atoms with Gasteiger partial charge < -0.3 is 9.47 Å². The van der Waals surface area contributed by atoms with Gasteiger partial charge in [0.1, 0.15) is 10.7 Å². The maximum absolute atomic E-state index is 14.3. The Labute approximate surface area is 180 Å². The molecular weight excluding hydrogens is 425 g/mol.